The molecule has 1 fully saturated rings. The van der Waals surface area contributed by atoms with Crippen LogP contribution >= 0.6 is 22.9 Å². The fraction of sp³-hybridized carbons (Fsp3) is 0.500. The lowest BCUT2D eigenvalue weighted by Crippen LogP contribution is -2.29. The summed E-state index contributed by atoms with van der Waals surface area (Å²) in [4.78, 5) is 19.4. The third-order valence-electron chi connectivity index (χ3n) is 4.86. The average molecular weight is 422 g/mol. The summed E-state index contributed by atoms with van der Waals surface area (Å²) in [7, 11) is 0. The highest BCUT2D eigenvalue weighted by Crippen LogP contribution is 2.38. The van der Waals surface area contributed by atoms with Gasteiger partial charge in [-0.25, -0.2) is 4.98 Å². The first kappa shape index (κ1) is 19.5. The molecular weight excluding hydrogens is 398 g/mol. The molecule has 6 nitrogen and oxygen atoms in total. The van der Waals surface area contributed by atoms with Crippen molar-refractivity contribution in [2.24, 2.45) is 0 Å². The van der Waals surface area contributed by atoms with E-state index in [4.69, 9.17) is 21.1 Å². The van der Waals surface area contributed by atoms with Crippen LogP contribution in [0.25, 0.3) is 0 Å². The molecule has 0 saturated carbocycles. The molecule has 0 unspecified atom stereocenters. The van der Waals surface area contributed by atoms with E-state index in [0.717, 1.165) is 37.3 Å². The number of piperidine rings is 1. The number of anilines is 1. The van der Waals surface area contributed by atoms with Crippen molar-refractivity contribution in [3.8, 4) is 11.5 Å². The molecule has 2 aliphatic heterocycles. The highest BCUT2D eigenvalue weighted by molar-refractivity contribution is 7.13. The minimum absolute atomic E-state index is 0.121. The molecule has 0 bridgehead atoms. The molecule has 28 heavy (non-hydrogen) atoms. The molecule has 1 aromatic carbocycles. The Labute approximate surface area is 173 Å². The third kappa shape index (κ3) is 4.96. The Morgan fingerprint density at radius 1 is 1.18 bits per heavy atom. The van der Waals surface area contributed by atoms with Gasteiger partial charge >= 0.3 is 0 Å². The Bertz CT molecular complexity index is 836. The molecule has 2 aromatic rings. The summed E-state index contributed by atoms with van der Waals surface area (Å²) in [5.74, 6) is 1.04. The molecule has 0 aliphatic carbocycles. The number of hydrogen-bond donors (Lipinski definition) is 1. The number of aromatic nitrogens is 1. The number of ether oxygens (including phenoxy) is 2. The van der Waals surface area contributed by atoms with Crippen LogP contribution in [0.4, 0.5) is 5.13 Å². The number of halogens is 1. The van der Waals surface area contributed by atoms with Gasteiger partial charge in [0, 0.05) is 18.3 Å². The molecule has 0 radical (unpaired) electrons. The smallest absolute Gasteiger partial charge is 0.230 e. The Balaban J connectivity index is 1.35. The molecule has 1 N–H and O–H groups in total. The molecule has 0 atom stereocenters. The van der Waals surface area contributed by atoms with Crippen LogP contribution in [0.15, 0.2) is 17.5 Å². The van der Waals surface area contributed by atoms with Crippen LogP contribution in [-0.4, -0.2) is 42.1 Å². The van der Waals surface area contributed by atoms with Crippen LogP contribution in [0.1, 0.15) is 36.9 Å². The van der Waals surface area contributed by atoms with Gasteiger partial charge in [0.1, 0.15) is 0 Å². The van der Waals surface area contributed by atoms with Crippen molar-refractivity contribution < 1.29 is 14.3 Å². The number of thiazole rings is 1. The van der Waals surface area contributed by atoms with Crippen molar-refractivity contribution in [1.82, 2.24) is 9.88 Å². The van der Waals surface area contributed by atoms with Crippen LogP contribution in [0.3, 0.4) is 0 Å². The quantitative estimate of drug-likeness (QED) is 0.786. The summed E-state index contributed by atoms with van der Waals surface area (Å²) in [5.41, 5.74) is 1.80. The van der Waals surface area contributed by atoms with E-state index in [0.29, 0.717) is 34.9 Å². The molecular formula is C20H24ClN3O3S. The number of benzene rings is 1. The normalized spacial score (nSPS) is 17.2. The first-order valence-electron chi connectivity index (χ1n) is 9.72. The number of carbonyl (C=O) groups is 1. The van der Waals surface area contributed by atoms with E-state index in [1.807, 2.05) is 11.4 Å². The van der Waals surface area contributed by atoms with Crippen LogP contribution in [0.5, 0.6) is 11.5 Å². The zero-order valence-electron chi connectivity index (χ0n) is 15.7. The molecule has 1 aromatic heterocycles. The van der Waals surface area contributed by atoms with Crippen LogP contribution < -0.4 is 14.8 Å². The van der Waals surface area contributed by atoms with Gasteiger partial charge in [-0.15, -0.1) is 11.3 Å². The lowest BCUT2D eigenvalue weighted by atomic mass is 10.1. The zero-order valence-corrected chi connectivity index (χ0v) is 17.3. The number of rotatable bonds is 5. The van der Waals surface area contributed by atoms with Crippen molar-refractivity contribution in [3.63, 3.8) is 0 Å². The van der Waals surface area contributed by atoms with Gasteiger partial charge < -0.3 is 14.8 Å². The van der Waals surface area contributed by atoms with E-state index < -0.39 is 0 Å². The van der Waals surface area contributed by atoms with Gasteiger partial charge in [-0.3, -0.25) is 9.69 Å². The predicted molar refractivity (Wildman–Crippen MR) is 111 cm³/mol. The zero-order chi connectivity index (χ0) is 19.3. The number of nitrogens with zero attached hydrogens (tertiary/aromatic N) is 2. The molecule has 0 spiro atoms. The maximum Gasteiger partial charge on any atom is 0.230 e. The fourth-order valence-electron chi connectivity index (χ4n) is 3.52. The summed E-state index contributed by atoms with van der Waals surface area (Å²) in [6.07, 6.45) is 4.85. The van der Waals surface area contributed by atoms with Crippen molar-refractivity contribution in [1.29, 1.82) is 0 Å². The summed E-state index contributed by atoms with van der Waals surface area (Å²) in [5, 5.41) is 6.03. The molecule has 1 amide bonds. The predicted octanol–water partition coefficient (Wildman–Crippen LogP) is 4.12. The lowest BCUT2D eigenvalue weighted by molar-refractivity contribution is -0.115. The van der Waals surface area contributed by atoms with E-state index >= 15 is 0 Å². The second-order valence-electron chi connectivity index (χ2n) is 7.16. The molecule has 3 heterocycles. The van der Waals surface area contributed by atoms with Gasteiger partial charge in [-0.1, -0.05) is 18.0 Å². The largest absolute Gasteiger partial charge is 0.489 e. The van der Waals surface area contributed by atoms with E-state index in [1.165, 1.54) is 30.6 Å². The van der Waals surface area contributed by atoms with Crippen molar-refractivity contribution in [3.05, 3.63) is 33.8 Å². The molecule has 8 heteroatoms. The monoisotopic (exact) mass is 421 g/mol. The highest BCUT2D eigenvalue weighted by atomic mass is 35.5. The molecule has 1 saturated heterocycles. The number of carbonyl (C=O) groups excluding carboxylic acids is 1. The first-order chi connectivity index (χ1) is 13.7. The van der Waals surface area contributed by atoms with E-state index in [-0.39, 0.29) is 12.3 Å². The number of likely N-dealkylation sites (tertiary alicyclic amines) is 1. The third-order valence-corrected chi connectivity index (χ3v) is 5.95. The van der Waals surface area contributed by atoms with Gasteiger partial charge in [-0.05, 0) is 43.6 Å². The Hall–Kier alpha value is -1.83. The van der Waals surface area contributed by atoms with Crippen molar-refractivity contribution >= 4 is 34.0 Å². The van der Waals surface area contributed by atoms with Gasteiger partial charge in [0.15, 0.2) is 16.6 Å². The van der Waals surface area contributed by atoms with Gasteiger partial charge in [0.25, 0.3) is 0 Å². The van der Waals surface area contributed by atoms with Crippen LogP contribution in [-0.2, 0) is 17.8 Å². The maximum absolute atomic E-state index is 12.5. The van der Waals surface area contributed by atoms with Crippen LogP contribution in [0, 0.1) is 0 Å². The summed E-state index contributed by atoms with van der Waals surface area (Å²) in [6.45, 7) is 4.27. The summed E-state index contributed by atoms with van der Waals surface area (Å²) in [6, 6.07) is 3.59. The van der Waals surface area contributed by atoms with E-state index in [2.05, 4.69) is 15.2 Å². The second-order valence-corrected chi connectivity index (χ2v) is 8.43. The fourth-order valence-corrected chi connectivity index (χ4v) is 4.52. The van der Waals surface area contributed by atoms with Crippen molar-refractivity contribution in [2.45, 2.75) is 38.6 Å². The lowest BCUT2D eigenvalue weighted by Gasteiger charge is -2.25. The van der Waals surface area contributed by atoms with Gasteiger partial charge in [-0.2, -0.15) is 0 Å². The van der Waals surface area contributed by atoms with E-state index in [9.17, 15) is 4.79 Å². The standard InChI is InChI=1S/C20H24ClN3O3S/c21-16-9-14(10-17-19(16)27-8-4-7-26-17)11-18(25)23-20-22-15(13-28-20)12-24-5-2-1-3-6-24/h9-10,13H,1-8,11-12H2,(H,22,23,25). The topological polar surface area (TPSA) is 63.7 Å². The minimum Gasteiger partial charge on any atom is -0.489 e. The first-order valence-corrected chi connectivity index (χ1v) is 11.0. The highest BCUT2D eigenvalue weighted by Gasteiger charge is 2.18. The summed E-state index contributed by atoms with van der Waals surface area (Å²) < 4.78 is 11.3. The Kier molecular flexibility index (Phi) is 6.34. The molecule has 2 aliphatic rings. The Morgan fingerprint density at radius 3 is 2.86 bits per heavy atom. The van der Waals surface area contributed by atoms with E-state index in [1.54, 1.807) is 6.07 Å². The van der Waals surface area contributed by atoms with Crippen molar-refractivity contribution in [2.75, 3.05) is 31.6 Å². The minimum atomic E-state index is -0.121. The molecule has 4 rings (SSSR count). The number of fused-ring (bicyclic) bond motifs is 1. The average Bonchev–Trinajstić information content (AvgIpc) is 2.96. The maximum atomic E-state index is 12.5. The SMILES string of the molecule is O=C(Cc1cc(Cl)c2c(c1)OCCCO2)Nc1nc(CN2CCCCC2)cs1. The van der Waals surface area contributed by atoms with Crippen LogP contribution in [0.2, 0.25) is 5.02 Å². The Morgan fingerprint density at radius 2 is 2.00 bits per heavy atom. The summed E-state index contributed by atoms with van der Waals surface area (Å²) >= 11 is 7.77. The number of nitrogens with one attached hydrogen (secondary N) is 1. The van der Waals surface area contributed by atoms with Gasteiger partial charge in [0.2, 0.25) is 5.91 Å². The number of hydrogen-bond acceptors (Lipinski definition) is 6. The van der Waals surface area contributed by atoms with Gasteiger partial charge in [0.05, 0.1) is 30.4 Å². The molecule has 150 valence electrons. The number of amides is 1. The second kappa shape index (κ2) is 9.11.